The molecule has 0 bridgehead atoms. The van der Waals surface area contributed by atoms with Gasteiger partial charge in [0.05, 0.1) is 18.8 Å². The quantitative estimate of drug-likeness (QED) is 0.490. The first-order valence-corrected chi connectivity index (χ1v) is 11.7. The summed E-state index contributed by atoms with van der Waals surface area (Å²) in [6.07, 6.45) is 6.23. The van der Waals surface area contributed by atoms with Crippen LogP contribution in [0.15, 0.2) is 30.3 Å². The van der Waals surface area contributed by atoms with Crippen LogP contribution in [0.3, 0.4) is 0 Å². The van der Waals surface area contributed by atoms with E-state index in [1.807, 2.05) is 37.4 Å². The third kappa shape index (κ3) is 7.02. The number of rotatable bonds is 10. The van der Waals surface area contributed by atoms with Crippen molar-refractivity contribution in [2.45, 2.75) is 56.5 Å². The molecule has 0 unspecified atom stereocenters. The van der Waals surface area contributed by atoms with E-state index in [9.17, 15) is 9.59 Å². The SMILES string of the molecule is CNC1(C(=O)N[C@H](Cc2ccccc2)C(=O)NCCCN2CCOCC2)CCCCC1. The number of amides is 2. The summed E-state index contributed by atoms with van der Waals surface area (Å²) in [7, 11) is 1.85. The first-order valence-electron chi connectivity index (χ1n) is 11.7. The van der Waals surface area contributed by atoms with Gasteiger partial charge in [-0.3, -0.25) is 14.5 Å². The van der Waals surface area contributed by atoms with Crippen LogP contribution in [0.25, 0.3) is 0 Å². The number of benzene rings is 1. The summed E-state index contributed by atoms with van der Waals surface area (Å²) in [5, 5.41) is 9.38. The Labute approximate surface area is 186 Å². The van der Waals surface area contributed by atoms with E-state index in [1.165, 1.54) is 0 Å². The number of nitrogens with zero attached hydrogens (tertiary/aromatic N) is 1. The number of nitrogens with one attached hydrogen (secondary N) is 3. The molecule has 2 aliphatic rings. The summed E-state index contributed by atoms with van der Waals surface area (Å²) >= 11 is 0. The third-order valence-electron chi connectivity index (χ3n) is 6.58. The molecule has 1 aliphatic heterocycles. The molecule has 1 aromatic rings. The Morgan fingerprint density at radius 1 is 1.10 bits per heavy atom. The molecule has 1 aliphatic carbocycles. The molecule has 172 valence electrons. The normalized spacial score (nSPS) is 20.0. The van der Waals surface area contributed by atoms with Crippen molar-refractivity contribution in [2.75, 3.05) is 46.4 Å². The molecule has 3 rings (SSSR count). The molecule has 2 amide bonds. The molecule has 0 spiro atoms. The average molecular weight is 431 g/mol. The van der Waals surface area contributed by atoms with Gasteiger partial charge in [0.2, 0.25) is 11.8 Å². The first kappa shape index (κ1) is 23.7. The largest absolute Gasteiger partial charge is 0.379 e. The van der Waals surface area contributed by atoms with Crippen LogP contribution in [0.5, 0.6) is 0 Å². The predicted molar refractivity (Wildman–Crippen MR) is 122 cm³/mol. The van der Waals surface area contributed by atoms with E-state index in [2.05, 4.69) is 20.9 Å². The second-order valence-corrected chi connectivity index (χ2v) is 8.71. The van der Waals surface area contributed by atoms with Gasteiger partial charge in [-0.15, -0.1) is 0 Å². The molecule has 1 atom stereocenters. The van der Waals surface area contributed by atoms with Crippen molar-refractivity contribution >= 4 is 11.8 Å². The molecule has 1 aromatic carbocycles. The van der Waals surface area contributed by atoms with Crippen LogP contribution < -0.4 is 16.0 Å². The van der Waals surface area contributed by atoms with Gasteiger partial charge in [-0.05, 0) is 38.4 Å². The third-order valence-corrected chi connectivity index (χ3v) is 6.58. The van der Waals surface area contributed by atoms with Crippen LogP contribution in [0, 0.1) is 0 Å². The van der Waals surface area contributed by atoms with Crippen molar-refractivity contribution in [3.8, 4) is 0 Å². The van der Waals surface area contributed by atoms with Gasteiger partial charge < -0.3 is 20.7 Å². The number of carbonyl (C=O) groups is 2. The van der Waals surface area contributed by atoms with Crippen molar-refractivity contribution in [2.24, 2.45) is 0 Å². The van der Waals surface area contributed by atoms with Crippen molar-refractivity contribution < 1.29 is 14.3 Å². The molecule has 1 saturated heterocycles. The summed E-state index contributed by atoms with van der Waals surface area (Å²) in [6, 6.07) is 9.31. The van der Waals surface area contributed by atoms with E-state index in [0.29, 0.717) is 13.0 Å². The molecule has 31 heavy (non-hydrogen) atoms. The van der Waals surface area contributed by atoms with E-state index in [0.717, 1.165) is 76.9 Å². The van der Waals surface area contributed by atoms with Crippen LogP contribution in [0.1, 0.15) is 44.1 Å². The molecule has 0 aromatic heterocycles. The molecular formula is C24H38N4O3. The Kier molecular flexibility index (Phi) is 9.31. The lowest BCUT2D eigenvalue weighted by molar-refractivity contribution is -0.133. The summed E-state index contributed by atoms with van der Waals surface area (Å²) in [4.78, 5) is 28.6. The lowest BCUT2D eigenvalue weighted by Gasteiger charge is -2.36. The van der Waals surface area contributed by atoms with Gasteiger partial charge in [-0.2, -0.15) is 0 Å². The molecular weight excluding hydrogens is 392 g/mol. The lowest BCUT2D eigenvalue weighted by atomic mass is 9.80. The van der Waals surface area contributed by atoms with Crippen LogP contribution in [0.2, 0.25) is 0 Å². The second-order valence-electron chi connectivity index (χ2n) is 8.71. The number of carbonyl (C=O) groups excluding carboxylic acids is 2. The summed E-state index contributed by atoms with van der Waals surface area (Å²) < 4.78 is 5.38. The van der Waals surface area contributed by atoms with Crippen LogP contribution >= 0.6 is 0 Å². The van der Waals surface area contributed by atoms with E-state index < -0.39 is 11.6 Å². The Morgan fingerprint density at radius 3 is 2.48 bits per heavy atom. The highest BCUT2D eigenvalue weighted by Gasteiger charge is 2.39. The highest BCUT2D eigenvalue weighted by Crippen LogP contribution is 2.28. The van der Waals surface area contributed by atoms with Gasteiger partial charge in [0.25, 0.3) is 0 Å². The zero-order chi connectivity index (χ0) is 21.9. The smallest absolute Gasteiger partial charge is 0.242 e. The van der Waals surface area contributed by atoms with Gasteiger partial charge in [0, 0.05) is 26.1 Å². The van der Waals surface area contributed by atoms with E-state index in [4.69, 9.17) is 4.74 Å². The van der Waals surface area contributed by atoms with Crippen LogP contribution in [0.4, 0.5) is 0 Å². The maximum Gasteiger partial charge on any atom is 0.242 e. The highest BCUT2D eigenvalue weighted by atomic mass is 16.5. The van der Waals surface area contributed by atoms with Crippen molar-refractivity contribution in [3.63, 3.8) is 0 Å². The fourth-order valence-electron chi connectivity index (χ4n) is 4.56. The number of ether oxygens (including phenoxy) is 1. The zero-order valence-electron chi connectivity index (χ0n) is 18.8. The molecule has 2 fully saturated rings. The van der Waals surface area contributed by atoms with Gasteiger partial charge in [-0.25, -0.2) is 0 Å². The lowest BCUT2D eigenvalue weighted by Crippen LogP contribution is -2.61. The number of morpholine rings is 1. The molecule has 1 saturated carbocycles. The predicted octanol–water partition coefficient (Wildman–Crippen LogP) is 1.47. The second kappa shape index (κ2) is 12.2. The molecule has 7 heteroatoms. The summed E-state index contributed by atoms with van der Waals surface area (Å²) in [6.45, 7) is 5.02. The fraction of sp³-hybridized carbons (Fsp3) is 0.667. The first-order chi connectivity index (χ1) is 15.1. The molecule has 7 nitrogen and oxygen atoms in total. The minimum absolute atomic E-state index is 0.0564. The van der Waals surface area contributed by atoms with Crippen molar-refractivity contribution in [1.82, 2.24) is 20.9 Å². The Bertz CT molecular complexity index is 685. The van der Waals surface area contributed by atoms with E-state index >= 15 is 0 Å². The van der Waals surface area contributed by atoms with Gasteiger partial charge in [0.15, 0.2) is 0 Å². The number of hydrogen-bond donors (Lipinski definition) is 3. The van der Waals surface area contributed by atoms with E-state index in [-0.39, 0.29) is 11.8 Å². The fourth-order valence-corrected chi connectivity index (χ4v) is 4.56. The summed E-state index contributed by atoms with van der Waals surface area (Å²) in [5.74, 6) is -0.166. The maximum atomic E-state index is 13.2. The van der Waals surface area contributed by atoms with Crippen molar-refractivity contribution in [1.29, 1.82) is 0 Å². The van der Waals surface area contributed by atoms with Crippen molar-refractivity contribution in [3.05, 3.63) is 35.9 Å². The molecule has 1 heterocycles. The standard InChI is InChI=1S/C24H38N4O3/c1-25-24(11-6-3-7-12-24)23(30)27-21(19-20-9-4-2-5-10-20)22(29)26-13-8-14-28-15-17-31-18-16-28/h2,4-5,9-10,21,25H,3,6-8,11-19H2,1H3,(H,26,29)(H,27,30)/t21-/m1/s1. The Hall–Kier alpha value is -1.96. The topological polar surface area (TPSA) is 82.7 Å². The molecule has 0 radical (unpaired) electrons. The zero-order valence-corrected chi connectivity index (χ0v) is 18.8. The maximum absolute atomic E-state index is 13.2. The molecule has 3 N–H and O–H groups in total. The highest BCUT2D eigenvalue weighted by molar-refractivity contribution is 5.92. The van der Waals surface area contributed by atoms with E-state index in [1.54, 1.807) is 0 Å². The minimum Gasteiger partial charge on any atom is -0.379 e. The average Bonchev–Trinajstić information content (AvgIpc) is 2.83. The Balaban J connectivity index is 1.57. The van der Waals surface area contributed by atoms with Crippen LogP contribution in [-0.2, 0) is 20.7 Å². The van der Waals surface area contributed by atoms with Gasteiger partial charge in [0.1, 0.15) is 6.04 Å². The summed E-state index contributed by atoms with van der Waals surface area (Å²) in [5.41, 5.74) is 0.475. The Morgan fingerprint density at radius 2 is 1.81 bits per heavy atom. The minimum atomic E-state index is -0.578. The number of likely N-dealkylation sites (N-methyl/N-ethyl adjacent to an activating group) is 1. The van der Waals surface area contributed by atoms with Gasteiger partial charge in [-0.1, -0.05) is 49.6 Å². The monoisotopic (exact) mass is 430 g/mol. The number of hydrogen-bond acceptors (Lipinski definition) is 5. The van der Waals surface area contributed by atoms with Crippen LogP contribution in [-0.4, -0.2) is 74.7 Å². The van der Waals surface area contributed by atoms with Gasteiger partial charge >= 0.3 is 0 Å².